The molecule has 1 saturated carbocycles. The average Bonchev–Trinajstić information content (AvgIpc) is 3.29. The van der Waals surface area contributed by atoms with Gasteiger partial charge in [-0.1, -0.05) is 0 Å². The molecule has 5 nitrogen and oxygen atoms in total. The van der Waals surface area contributed by atoms with Gasteiger partial charge in [0.25, 0.3) is 0 Å². The first-order valence-corrected chi connectivity index (χ1v) is 7.81. The number of nitrogens with one attached hydrogen (secondary N) is 1. The minimum absolute atomic E-state index is 0.263. The molecule has 0 saturated heterocycles. The molecule has 1 aromatic carbocycles. The highest BCUT2D eigenvalue weighted by Crippen LogP contribution is 2.38. The first-order chi connectivity index (χ1) is 11.1. The molecule has 0 bridgehead atoms. The molecule has 1 fully saturated rings. The monoisotopic (exact) mass is 311 g/mol. The number of benzene rings is 1. The van der Waals surface area contributed by atoms with Crippen LogP contribution in [0.25, 0.3) is 10.9 Å². The number of rotatable bonds is 4. The van der Waals surface area contributed by atoms with Gasteiger partial charge in [-0.3, -0.25) is 4.98 Å². The molecule has 0 atom stereocenters. The average molecular weight is 311 g/mol. The fraction of sp³-hybridized carbons (Fsp3) is 0.353. The van der Waals surface area contributed by atoms with Crippen LogP contribution in [0.1, 0.15) is 36.1 Å². The fourth-order valence-electron chi connectivity index (χ4n) is 2.88. The lowest BCUT2D eigenvalue weighted by Crippen LogP contribution is -2.08. The Morgan fingerprint density at radius 1 is 1.26 bits per heavy atom. The molecule has 0 unspecified atom stereocenters. The lowest BCUT2D eigenvalue weighted by molar-refractivity contribution is 0.629. The van der Waals surface area contributed by atoms with Crippen molar-refractivity contribution >= 4 is 16.6 Å². The van der Waals surface area contributed by atoms with Crippen LogP contribution in [0.2, 0.25) is 0 Å². The molecule has 2 heterocycles. The Bertz CT molecular complexity index is 882. The van der Waals surface area contributed by atoms with Gasteiger partial charge in [0.15, 0.2) is 5.82 Å². The van der Waals surface area contributed by atoms with Crippen molar-refractivity contribution in [2.24, 2.45) is 7.05 Å². The van der Waals surface area contributed by atoms with Crippen molar-refractivity contribution in [1.82, 2.24) is 19.7 Å². The maximum atomic E-state index is 13.6. The second-order valence-electron chi connectivity index (χ2n) is 6.13. The van der Waals surface area contributed by atoms with Crippen LogP contribution in [0.5, 0.6) is 0 Å². The molecule has 1 aliphatic carbocycles. The molecule has 4 rings (SSSR count). The summed E-state index contributed by atoms with van der Waals surface area (Å²) in [6, 6.07) is 6.58. The Balaban J connectivity index is 1.63. The number of hydrogen-bond donors (Lipinski definition) is 1. The van der Waals surface area contributed by atoms with Crippen molar-refractivity contribution in [3.05, 3.63) is 47.4 Å². The predicted octanol–water partition coefficient (Wildman–Crippen LogP) is 3.30. The van der Waals surface area contributed by atoms with E-state index >= 15 is 0 Å². The second kappa shape index (κ2) is 5.30. The standard InChI is InChI=1S/C17H18FN5/c1-10-7-15(13-8-12(18)5-6-14(13)20-10)19-9-16-21-22-17(23(16)2)11-3-4-11/h5-8,11H,3-4,9H2,1-2H3,(H,19,20). The molecule has 0 radical (unpaired) electrons. The van der Waals surface area contributed by atoms with E-state index in [2.05, 4.69) is 25.1 Å². The summed E-state index contributed by atoms with van der Waals surface area (Å²) < 4.78 is 15.6. The summed E-state index contributed by atoms with van der Waals surface area (Å²) in [6.07, 6.45) is 2.40. The predicted molar refractivity (Wildman–Crippen MR) is 86.7 cm³/mol. The number of aryl methyl sites for hydroxylation is 1. The smallest absolute Gasteiger partial charge is 0.152 e. The maximum Gasteiger partial charge on any atom is 0.152 e. The Kier molecular flexibility index (Phi) is 3.25. The van der Waals surface area contributed by atoms with Crippen LogP contribution in [0.3, 0.4) is 0 Å². The Morgan fingerprint density at radius 3 is 2.87 bits per heavy atom. The molecule has 3 aromatic rings. The van der Waals surface area contributed by atoms with E-state index in [4.69, 9.17) is 0 Å². The first-order valence-electron chi connectivity index (χ1n) is 7.81. The Labute approximate surface area is 133 Å². The third-order valence-electron chi connectivity index (χ3n) is 4.28. The van der Waals surface area contributed by atoms with Gasteiger partial charge in [0, 0.05) is 29.7 Å². The molecule has 0 aliphatic heterocycles. The minimum atomic E-state index is -0.263. The maximum absolute atomic E-state index is 13.6. The van der Waals surface area contributed by atoms with E-state index in [9.17, 15) is 4.39 Å². The van der Waals surface area contributed by atoms with Gasteiger partial charge < -0.3 is 9.88 Å². The van der Waals surface area contributed by atoms with E-state index < -0.39 is 0 Å². The van der Waals surface area contributed by atoms with E-state index in [-0.39, 0.29) is 5.82 Å². The number of aromatic nitrogens is 4. The van der Waals surface area contributed by atoms with Crippen LogP contribution >= 0.6 is 0 Å². The van der Waals surface area contributed by atoms with Gasteiger partial charge in [-0.25, -0.2) is 4.39 Å². The lowest BCUT2D eigenvalue weighted by Gasteiger charge is -2.11. The number of hydrogen-bond acceptors (Lipinski definition) is 4. The van der Waals surface area contributed by atoms with E-state index in [0.29, 0.717) is 12.5 Å². The Morgan fingerprint density at radius 2 is 2.09 bits per heavy atom. The normalized spacial score (nSPS) is 14.4. The van der Waals surface area contributed by atoms with Crippen LogP contribution in [-0.4, -0.2) is 19.7 Å². The van der Waals surface area contributed by atoms with Crippen molar-refractivity contribution in [3.63, 3.8) is 0 Å². The topological polar surface area (TPSA) is 55.6 Å². The zero-order valence-corrected chi connectivity index (χ0v) is 13.2. The van der Waals surface area contributed by atoms with Crippen LogP contribution < -0.4 is 5.32 Å². The highest BCUT2D eigenvalue weighted by atomic mass is 19.1. The summed E-state index contributed by atoms with van der Waals surface area (Å²) in [5, 5.41) is 12.7. The van der Waals surface area contributed by atoms with Crippen molar-refractivity contribution in [2.75, 3.05) is 5.32 Å². The third-order valence-corrected chi connectivity index (χ3v) is 4.28. The highest BCUT2D eigenvalue weighted by molar-refractivity contribution is 5.91. The zero-order valence-electron chi connectivity index (χ0n) is 13.2. The third kappa shape index (κ3) is 2.65. The van der Waals surface area contributed by atoms with E-state index in [1.54, 1.807) is 6.07 Å². The summed E-state index contributed by atoms with van der Waals surface area (Å²) in [5.74, 6) is 2.25. The SMILES string of the molecule is Cc1cc(NCc2nnc(C3CC3)n2C)c2cc(F)ccc2n1. The van der Waals surface area contributed by atoms with Crippen molar-refractivity contribution < 1.29 is 4.39 Å². The largest absolute Gasteiger partial charge is 0.377 e. The quantitative estimate of drug-likeness (QED) is 0.803. The van der Waals surface area contributed by atoms with Crippen LogP contribution in [0.15, 0.2) is 24.3 Å². The van der Waals surface area contributed by atoms with Gasteiger partial charge in [0.1, 0.15) is 11.6 Å². The summed E-state index contributed by atoms with van der Waals surface area (Å²) in [7, 11) is 2.00. The number of fused-ring (bicyclic) bond motifs is 1. The van der Waals surface area contributed by atoms with Gasteiger partial charge in [0.05, 0.1) is 12.1 Å². The number of nitrogens with zero attached hydrogens (tertiary/aromatic N) is 4. The summed E-state index contributed by atoms with van der Waals surface area (Å²) in [6.45, 7) is 2.48. The first kappa shape index (κ1) is 14.1. The molecule has 1 aliphatic rings. The van der Waals surface area contributed by atoms with Crippen molar-refractivity contribution in [3.8, 4) is 0 Å². The molecular formula is C17H18FN5. The number of anilines is 1. The van der Waals surface area contributed by atoms with Crippen molar-refractivity contribution in [1.29, 1.82) is 0 Å². The van der Waals surface area contributed by atoms with Gasteiger partial charge in [0.2, 0.25) is 0 Å². The molecule has 118 valence electrons. The fourth-order valence-corrected chi connectivity index (χ4v) is 2.88. The molecule has 0 spiro atoms. The molecule has 6 heteroatoms. The minimum Gasteiger partial charge on any atom is -0.377 e. The van der Waals surface area contributed by atoms with Gasteiger partial charge in [-0.15, -0.1) is 10.2 Å². The Hall–Kier alpha value is -2.50. The van der Waals surface area contributed by atoms with Gasteiger partial charge in [-0.2, -0.15) is 0 Å². The van der Waals surface area contributed by atoms with E-state index in [1.807, 2.05) is 20.0 Å². The summed E-state index contributed by atoms with van der Waals surface area (Å²) in [5.41, 5.74) is 2.54. The van der Waals surface area contributed by atoms with E-state index in [0.717, 1.165) is 33.9 Å². The molecular weight excluding hydrogens is 293 g/mol. The number of halogens is 1. The zero-order chi connectivity index (χ0) is 16.0. The van der Waals surface area contributed by atoms with Gasteiger partial charge >= 0.3 is 0 Å². The van der Waals surface area contributed by atoms with Crippen LogP contribution in [0.4, 0.5) is 10.1 Å². The molecule has 23 heavy (non-hydrogen) atoms. The van der Waals surface area contributed by atoms with Crippen molar-refractivity contribution in [2.45, 2.75) is 32.2 Å². The molecule has 2 aromatic heterocycles. The summed E-state index contributed by atoms with van der Waals surface area (Å²) >= 11 is 0. The highest BCUT2D eigenvalue weighted by Gasteiger charge is 2.29. The second-order valence-corrected chi connectivity index (χ2v) is 6.13. The van der Waals surface area contributed by atoms with Gasteiger partial charge in [-0.05, 0) is 44.0 Å². The molecule has 1 N–H and O–H groups in total. The van der Waals surface area contributed by atoms with Crippen LogP contribution in [0, 0.1) is 12.7 Å². The molecule has 0 amide bonds. The lowest BCUT2D eigenvalue weighted by atomic mass is 10.1. The number of pyridine rings is 1. The van der Waals surface area contributed by atoms with E-state index in [1.165, 1.54) is 25.0 Å². The summed E-state index contributed by atoms with van der Waals surface area (Å²) in [4.78, 5) is 4.45. The van der Waals surface area contributed by atoms with Crippen LogP contribution in [-0.2, 0) is 13.6 Å².